The van der Waals surface area contributed by atoms with Crippen molar-refractivity contribution in [1.29, 1.82) is 0 Å². The Kier molecular flexibility index (Phi) is 6.81. The van der Waals surface area contributed by atoms with E-state index in [1.54, 1.807) is 0 Å². The van der Waals surface area contributed by atoms with E-state index in [2.05, 4.69) is 0 Å². The van der Waals surface area contributed by atoms with Crippen molar-refractivity contribution in [2.45, 2.75) is 43.6 Å². The molecule has 2 aromatic carbocycles. The van der Waals surface area contributed by atoms with E-state index in [9.17, 15) is 23.2 Å². The lowest BCUT2D eigenvalue weighted by Gasteiger charge is -2.36. The number of carboxylic acids is 1. The summed E-state index contributed by atoms with van der Waals surface area (Å²) < 4.78 is 34.4. The van der Waals surface area contributed by atoms with Gasteiger partial charge in [0.1, 0.15) is 6.61 Å². The van der Waals surface area contributed by atoms with E-state index in [0.29, 0.717) is 19.3 Å². The van der Waals surface area contributed by atoms with Crippen LogP contribution in [0.3, 0.4) is 0 Å². The van der Waals surface area contributed by atoms with Gasteiger partial charge < -0.3 is 20.1 Å². The highest BCUT2D eigenvalue weighted by Crippen LogP contribution is 2.44. The zero-order chi connectivity index (χ0) is 24.3. The Morgan fingerprint density at radius 1 is 1.03 bits per heavy atom. The van der Waals surface area contributed by atoms with Crippen molar-refractivity contribution in [3.63, 3.8) is 0 Å². The SMILES string of the molecule is O=C(O)C[C@H]1CCCCN1C(=O)C(F)(F)CNC(=O)OCC1c2ccccc2-c2ccccc21. The van der Waals surface area contributed by atoms with Gasteiger partial charge in [-0.1, -0.05) is 48.5 Å². The van der Waals surface area contributed by atoms with Gasteiger partial charge in [0.15, 0.2) is 0 Å². The summed E-state index contributed by atoms with van der Waals surface area (Å²) in [6, 6.07) is 14.7. The zero-order valence-electron chi connectivity index (χ0n) is 18.5. The number of halogens is 2. The van der Waals surface area contributed by atoms with Crippen molar-refractivity contribution in [2.24, 2.45) is 0 Å². The first-order valence-corrected chi connectivity index (χ1v) is 11.3. The first kappa shape index (κ1) is 23.7. The molecule has 1 aliphatic heterocycles. The summed E-state index contributed by atoms with van der Waals surface area (Å²) in [7, 11) is 0. The highest BCUT2D eigenvalue weighted by Gasteiger charge is 2.45. The quantitative estimate of drug-likeness (QED) is 0.635. The molecule has 1 fully saturated rings. The van der Waals surface area contributed by atoms with Crippen LogP contribution in [-0.2, 0) is 14.3 Å². The third kappa shape index (κ3) is 4.88. The van der Waals surface area contributed by atoms with Gasteiger partial charge in [-0.15, -0.1) is 0 Å². The standard InChI is InChI=1S/C25H26F2N2O5/c26-25(27,23(32)29-12-6-5-7-16(29)13-22(30)31)15-28-24(33)34-14-21-19-10-3-1-8-17(19)18-9-2-4-11-20(18)21/h1-4,8-11,16,21H,5-7,12-15H2,(H,28,33)(H,30,31)/t16-/m1/s1. The Labute approximate surface area is 195 Å². The lowest BCUT2D eigenvalue weighted by atomic mass is 9.98. The molecule has 1 atom stereocenters. The molecule has 7 nitrogen and oxygen atoms in total. The molecule has 2 N–H and O–H groups in total. The summed E-state index contributed by atoms with van der Waals surface area (Å²) >= 11 is 0. The molecule has 0 saturated carbocycles. The van der Waals surface area contributed by atoms with Crippen LogP contribution in [0.1, 0.15) is 42.7 Å². The molecule has 2 aliphatic rings. The van der Waals surface area contributed by atoms with Crippen LogP contribution in [0.25, 0.3) is 11.1 Å². The summed E-state index contributed by atoms with van der Waals surface area (Å²) in [6.07, 6.45) is 0.119. The van der Waals surface area contributed by atoms with Crippen LogP contribution in [0.2, 0.25) is 0 Å². The maximum absolute atomic E-state index is 14.6. The second-order valence-corrected chi connectivity index (χ2v) is 8.63. The van der Waals surface area contributed by atoms with Crippen molar-refractivity contribution >= 4 is 18.0 Å². The molecule has 1 aliphatic carbocycles. The number of alkyl carbamates (subject to hydrolysis) is 1. The normalized spacial score (nSPS) is 17.6. The van der Waals surface area contributed by atoms with Gasteiger partial charge in [0.2, 0.25) is 0 Å². The summed E-state index contributed by atoms with van der Waals surface area (Å²) in [5.74, 6) is -6.72. The number of piperidine rings is 1. The van der Waals surface area contributed by atoms with Crippen LogP contribution >= 0.6 is 0 Å². The molecule has 0 radical (unpaired) electrons. The summed E-state index contributed by atoms with van der Waals surface area (Å²) in [5, 5.41) is 11.0. The number of aliphatic carboxylic acids is 1. The Morgan fingerprint density at radius 2 is 1.65 bits per heavy atom. The molecule has 0 spiro atoms. The van der Waals surface area contributed by atoms with Gasteiger partial charge >= 0.3 is 18.0 Å². The van der Waals surface area contributed by atoms with Gasteiger partial charge in [0.25, 0.3) is 5.91 Å². The molecule has 0 bridgehead atoms. The van der Waals surface area contributed by atoms with E-state index in [4.69, 9.17) is 9.84 Å². The number of carbonyl (C=O) groups is 3. The molecule has 4 rings (SSSR count). The first-order chi connectivity index (χ1) is 16.3. The number of hydrogen-bond donors (Lipinski definition) is 2. The Balaban J connectivity index is 1.35. The van der Waals surface area contributed by atoms with Gasteiger partial charge in [-0.3, -0.25) is 9.59 Å². The predicted molar refractivity (Wildman–Crippen MR) is 120 cm³/mol. The maximum atomic E-state index is 14.6. The Hall–Kier alpha value is -3.49. The number of fused-ring (bicyclic) bond motifs is 3. The lowest BCUT2D eigenvalue weighted by molar-refractivity contribution is -0.161. The van der Waals surface area contributed by atoms with Crippen LogP contribution in [0, 0.1) is 0 Å². The van der Waals surface area contributed by atoms with Gasteiger partial charge in [-0.2, -0.15) is 8.78 Å². The molecule has 2 amide bonds. The van der Waals surface area contributed by atoms with E-state index in [1.165, 1.54) is 0 Å². The van der Waals surface area contributed by atoms with Crippen LogP contribution < -0.4 is 5.32 Å². The summed E-state index contributed by atoms with van der Waals surface area (Å²) in [4.78, 5) is 36.6. The van der Waals surface area contributed by atoms with E-state index in [-0.39, 0.29) is 25.5 Å². The highest BCUT2D eigenvalue weighted by molar-refractivity contribution is 5.85. The van der Waals surface area contributed by atoms with Gasteiger partial charge in [-0.05, 0) is 41.5 Å². The molecule has 0 aromatic heterocycles. The molecule has 9 heteroatoms. The smallest absolute Gasteiger partial charge is 0.407 e. The molecule has 34 heavy (non-hydrogen) atoms. The average molecular weight is 472 g/mol. The number of ether oxygens (including phenoxy) is 1. The number of benzene rings is 2. The van der Waals surface area contributed by atoms with E-state index in [1.807, 2.05) is 53.8 Å². The minimum atomic E-state index is -3.88. The van der Waals surface area contributed by atoms with Crippen molar-refractivity contribution in [2.75, 3.05) is 19.7 Å². The first-order valence-electron chi connectivity index (χ1n) is 11.3. The molecule has 180 valence electrons. The second kappa shape index (κ2) is 9.79. The number of carbonyl (C=O) groups excluding carboxylic acids is 2. The van der Waals surface area contributed by atoms with Crippen molar-refractivity contribution in [3.05, 3.63) is 59.7 Å². The number of rotatable bonds is 7. The lowest BCUT2D eigenvalue weighted by Crippen LogP contribution is -2.54. The van der Waals surface area contributed by atoms with Crippen molar-refractivity contribution < 1.29 is 33.0 Å². The topological polar surface area (TPSA) is 95.9 Å². The number of nitrogens with one attached hydrogen (secondary N) is 1. The number of nitrogens with zero attached hydrogens (tertiary/aromatic N) is 1. The van der Waals surface area contributed by atoms with Gasteiger partial charge in [0.05, 0.1) is 13.0 Å². The Morgan fingerprint density at radius 3 is 2.26 bits per heavy atom. The monoisotopic (exact) mass is 472 g/mol. The van der Waals surface area contributed by atoms with Gasteiger partial charge in [-0.25, -0.2) is 4.79 Å². The fourth-order valence-electron chi connectivity index (χ4n) is 4.80. The van der Waals surface area contributed by atoms with Crippen molar-refractivity contribution in [3.8, 4) is 11.1 Å². The number of alkyl halides is 2. The fraction of sp³-hybridized carbons (Fsp3) is 0.400. The molecule has 2 aromatic rings. The minimum absolute atomic E-state index is 0.0355. The molecule has 1 heterocycles. The van der Waals surface area contributed by atoms with Crippen LogP contribution in [0.5, 0.6) is 0 Å². The van der Waals surface area contributed by atoms with E-state index >= 15 is 0 Å². The second-order valence-electron chi connectivity index (χ2n) is 8.63. The van der Waals surface area contributed by atoms with E-state index in [0.717, 1.165) is 27.2 Å². The van der Waals surface area contributed by atoms with Gasteiger partial charge in [0, 0.05) is 18.5 Å². The van der Waals surface area contributed by atoms with Crippen LogP contribution in [-0.4, -0.2) is 59.6 Å². The number of carboxylic acid groups (broad SMARTS) is 1. The number of hydrogen-bond acceptors (Lipinski definition) is 4. The zero-order valence-corrected chi connectivity index (χ0v) is 18.5. The van der Waals surface area contributed by atoms with Crippen LogP contribution in [0.4, 0.5) is 13.6 Å². The largest absolute Gasteiger partial charge is 0.481 e. The third-order valence-electron chi connectivity index (χ3n) is 6.41. The summed E-state index contributed by atoms with van der Waals surface area (Å²) in [6.45, 7) is -1.19. The third-order valence-corrected chi connectivity index (χ3v) is 6.41. The highest BCUT2D eigenvalue weighted by atomic mass is 19.3. The van der Waals surface area contributed by atoms with Crippen LogP contribution in [0.15, 0.2) is 48.5 Å². The molecule has 1 saturated heterocycles. The number of likely N-dealkylation sites (tertiary alicyclic amines) is 1. The Bertz CT molecular complexity index is 1040. The van der Waals surface area contributed by atoms with Crippen molar-refractivity contribution in [1.82, 2.24) is 10.2 Å². The summed E-state index contributed by atoms with van der Waals surface area (Å²) in [5.41, 5.74) is 4.07. The number of amides is 2. The van der Waals surface area contributed by atoms with E-state index < -0.39 is 36.5 Å². The fourth-order valence-corrected chi connectivity index (χ4v) is 4.80. The molecule has 0 unspecified atom stereocenters. The maximum Gasteiger partial charge on any atom is 0.407 e. The minimum Gasteiger partial charge on any atom is -0.481 e. The predicted octanol–water partition coefficient (Wildman–Crippen LogP) is 4.02. The molecular weight excluding hydrogens is 446 g/mol. The average Bonchev–Trinajstić information content (AvgIpc) is 3.15. The molecular formula is C25H26F2N2O5.